The van der Waals surface area contributed by atoms with Gasteiger partial charge in [-0.1, -0.05) is 30.3 Å². The molecule has 1 aliphatic rings. The lowest BCUT2D eigenvalue weighted by molar-refractivity contribution is -0.421. The monoisotopic (exact) mass is 318 g/mol. The van der Waals surface area contributed by atoms with Gasteiger partial charge in [0.05, 0.1) is 0 Å². The highest BCUT2D eigenvalue weighted by molar-refractivity contribution is 5.48. The molecule has 1 saturated heterocycles. The summed E-state index contributed by atoms with van der Waals surface area (Å²) in [7, 11) is 0. The number of aldehydes is 1. The average molecular weight is 318 g/mol. The molecule has 0 spiro atoms. The van der Waals surface area contributed by atoms with Gasteiger partial charge in [-0.3, -0.25) is 0 Å². The fourth-order valence-electron chi connectivity index (χ4n) is 2.28. The minimum absolute atomic E-state index is 0.181. The van der Waals surface area contributed by atoms with Crippen LogP contribution >= 0.6 is 0 Å². The van der Waals surface area contributed by atoms with Crippen LogP contribution in [0.5, 0.6) is 0 Å². The predicted octanol–water partition coefficient (Wildman–Crippen LogP) is 3.86. The van der Waals surface area contributed by atoms with Gasteiger partial charge in [0.15, 0.2) is 0 Å². The molecule has 4 nitrogen and oxygen atoms in total. The molecular weight excluding hydrogens is 301 g/mol. The number of hydrogen-bond acceptors (Lipinski definition) is 4. The molecule has 1 fully saturated rings. The molecule has 122 valence electrons. The van der Waals surface area contributed by atoms with Crippen molar-refractivity contribution in [3.05, 3.63) is 35.9 Å². The quantitative estimate of drug-likeness (QED) is 0.454. The van der Waals surface area contributed by atoms with Crippen LogP contribution in [0.4, 0.5) is 13.2 Å². The SMILES string of the molecule is CC1(CCCCC=O)OOC(c2ccccc2)(C(F)(F)F)O1. The second kappa shape index (κ2) is 6.36. The zero-order chi connectivity index (χ0) is 16.3. The van der Waals surface area contributed by atoms with E-state index < -0.39 is 17.8 Å². The minimum atomic E-state index is -4.80. The van der Waals surface area contributed by atoms with Gasteiger partial charge in [0.1, 0.15) is 6.29 Å². The van der Waals surface area contributed by atoms with E-state index in [9.17, 15) is 18.0 Å². The third kappa shape index (κ3) is 3.31. The number of ether oxygens (including phenoxy) is 1. The molecular formula is C15H17F3O4. The van der Waals surface area contributed by atoms with Crippen LogP contribution in [0.3, 0.4) is 0 Å². The summed E-state index contributed by atoms with van der Waals surface area (Å²) in [4.78, 5) is 19.8. The fourth-order valence-corrected chi connectivity index (χ4v) is 2.28. The lowest BCUT2D eigenvalue weighted by Crippen LogP contribution is -2.45. The first-order valence-electron chi connectivity index (χ1n) is 6.96. The highest BCUT2D eigenvalue weighted by atomic mass is 19.4. The number of carbonyl (C=O) groups excluding carboxylic acids is 1. The molecule has 0 amide bonds. The normalized spacial score (nSPS) is 28.7. The average Bonchev–Trinajstić information content (AvgIpc) is 2.84. The van der Waals surface area contributed by atoms with Gasteiger partial charge in [0.25, 0.3) is 0 Å². The highest BCUT2D eigenvalue weighted by Gasteiger charge is 2.67. The number of hydrogen-bond donors (Lipinski definition) is 0. The Morgan fingerprint density at radius 1 is 1.14 bits per heavy atom. The minimum Gasteiger partial charge on any atom is -0.303 e. The van der Waals surface area contributed by atoms with Crippen LogP contribution < -0.4 is 0 Å². The first-order valence-corrected chi connectivity index (χ1v) is 6.96. The van der Waals surface area contributed by atoms with Gasteiger partial charge < -0.3 is 9.53 Å². The summed E-state index contributed by atoms with van der Waals surface area (Å²) in [5, 5.41) is 0. The zero-order valence-corrected chi connectivity index (χ0v) is 12.1. The maximum absolute atomic E-state index is 13.5. The van der Waals surface area contributed by atoms with Crippen LogP contribution in [0.15, 0.2) is 30.3 Å². The number of alkyl halides is 3. The molecule has 0 bridgehead atoms. The lowest BCUT2D eigenvalue weighted by atomic mass is 10.0. The molecule has 2 rings (SSSR count). The Morgan fingerprint density at radius 2 is 1.82 bits per heavy atom. The maximum Gasteiger partial charge on any atom is 0.451 e. The van der Waals surface area contributed by atoms with E-state index in [2.05, 4.69) is 4.89 Å². The van der Waals surface area contributed by atoms with Gasteiger partial charge in [-0.2, -0.15) is 22.9 Å². The Hall–Kier alpha value is -1.44. The summed E-state index contributed by atoms with van der Waals surface area (Å²) in [6.45, 7) is 1.39. The van der Waals surface area contributed by atoms with Crippen LogP contribution in [0.2, 0.25) is 0 Å². The molecule has 0 N–H and O–H groups in total. The number of unbranched alkanes of at least 4 members (excludes halogenated alkanes) is 2. The van der Waals surface area contributed by atoms with Crippen molar-refractivity contribution in [1.82, 2.24) is 0 Å². The molecule has 22 heavy (non-hydrogen) atoms. The van der Waals surface area contributed by atoms with E-state index >= 15 is 0 Å². The van der Waals surface area contributed by atoms with Gasteiger partial charge >= 0.3 is 12.0 Å². The van der Waals surface area contributed by atoms with Gasteiger partial charge in [-0.05, 0) is 19.8 Å². The predicted molar refractivity (Wildman–Crippen MR) is 70.4 cm³/mol. The Morgan fingerprint density at radius 3 is 2.41 bits per heavy atom. The van der Waals surface area contributed by atoms with E-state index in [1.165, 1.54) is 31.2 Å². The van der Waals surface area contributed by atoms with E-state index in [1.54, 1.807) is 6.07 Å². The second-order valence-electron chi connectivity index (χ2n) is 5.30. The molecule has 2 unspecified atom stereocenters. The van der Waals surface area contributed by atoms with Gasteiger partial charge in [-0.25, -0.2) is 0 Å². The van der Waals surface area contributed by atoms with Crippen molar-refractivity contribution in [1.29, 1.82) is 0 Å². The summed E-state index contributed by atoms with van der Waals surface area (Å²) < 4.78 is 45.7. The maximum atomic E-state index is 13.5. The van der Waals surface area contributed by atoms with Crippen molar-refractivity contribution < 1.29 is 32.5 Å². The number of rotatable bonds is 6. The molecule has 1 heterocycles. The third-order valence-corrected chi connectivity index (χ3v) is 3.42. The zero-order valence-electron chi connectivity index (χ0n) is 12.1. The van der Waals surface area contributed by atoms with E-state index in [0.29, 0.717) is 19.3 Å². The fraction of sp³-hybridized carbons (Fsp3) is 0.533. The largest absolute Gasteiger partial charge is 0.451 e. The number of carbonyl (C=O) groups is 1. The molecule has 1 aromatic carbocycles. The Labute approximate surface area is 126 Å². The standard InChI is InChI=1S/C15H17F3O4/c1-13(10-6-3-7-11-19)20-14(22-21-13,15(16,17)18)12-8-4-2-5-9-12/h2,4-5,8-9,11H,3,6-7,10H2,1H3. The van der Waals surface area contributed by atoms with Gasteiger partial charge in [0, 0.05) is 18.4 Å². The van der Waals surface area contributed by atoms with E-state index in [4.69, 9.17) is 9.62 Å². The van der Waals surface area contributed by atoms with Gasteiger partial charge in [-0.15, -0.1) is 0 Å². The first-order chi connectivity index (χ1) is 10.3. The molecule has 0 aliphatic carbocycles. The van der Waals surface area contributed by atoms with Crippen LogP contribution in [-0.2, 0) is 25.1 Å². The van der Waals surface area contributed by atoms with Crippen molar-refractivity contribution >= 4 is 6.29 Å². The van der Waals surface area contributed by atoms with Gasteiger partial charge in [0.2, 0.25) is 5.79 Å². The number of halogens is 3. The van der Waals surface area contributed by atoms with Crippen molar-refractivity contribution in [2.45, 2.75) is 50.4 Å². The Bertz CT molecular complexity index is 505. The summed E-state index contributed by atoms with van der Waals surface area (Å²) in [5.41, 5.74) is -0.181. The summed E-state index contributed by atoms with van der Waals surface area (Å²) >= 11 is 0. The lowest BCUT2D eigenvalue weighted by Gasteiger charge is -2.29. The van der Waals surface area contributed by atoms with Crippen molar-refractivity contribution in [3.63, 3.8) is 0 Å². The smallest absolute Gasteiger partial charge is 0.303 e. The van der Waals surface area contributed by atoms with Crippen LogP contribution in [0.1, 0.15) is 38.2 Å². The van der Waals surface area contributed by atoms with Crippen LogP contribution in [0.25, 0.3) is 0 Å². The summed E-state index contributed by atoms with van der Waals surface area (Å²) in [6.07, 6.45) is -2.46. The highest BCUT2D eigenvalue weighted by Crippen LogP contribution is 2.51. The first kappa shape index (κ1) is 16.9. The number of benzene rings is 1. The molecule has 0 aromatic heterocycles. The van der Waals surface area contributed by atoms with E-state index in [1.807, 2.05) is 0 Å². The summed E-state index contributed by atoms with van der Waals surface area (Å²) in [6, 6.07) is 7.08. The molecule has 1 aromatic rings. The topological polar surface area (TPSA) is 44.8 Å². The summed E-state index contributed by atoms with van der Waals surface area (Å²) in [5.74, 6) is -4.46. The molecule has 7 heteroatoms. The molecule has 0 radical (unpaired) electrons. The van der Waals surface area contributed by atoms with Crippen LogP contribution in [-0.4, -0.2) is 18.2 Å². The third-order valence-electron chi connectivity index (χ3n) is 3.42. The molecule has 2 atom stereocenters. The molecule has 1 aliphatic heterocycles. The van der Waals surface area contributed by atoms with E-state index in [-0.39, 0.29) is 12.0 Å². The molecule has 0 saturated carbocycles. The van der Waals surface area contributed by atoms with Crippen molar-refractivity contribution in [2.24, 2.45) is 0 Å². The van der Waals surface area contributed by atoms with Crippen molar-refractivity contribution in [2.75, 3.05) is 0 Å². The van der Waals surface area contributed by atoms with E-state index in [0.717, 1.165) is 6.29 Å². The second-order valence-corrected chi connectivity index (χ2v) is 5.30. The van der Waals surface area contributed by atoms with Crippen molar-refractivity contribution in [3.8, 4) is 0 Å². The Kier molecular flexibility index (Phi) is 4.89. The van der Waals surface area contributed by atoms with Crippen LogP contribution in [0, 0.1) is 0 Å². The Balaban J connectivity index is 2.19.